The lowest BCUT2D eigenvalue weighted by Gasteiger charge is -2.26. The quantitative estimate of drug-likeness (QED) is 0.822. The van der Waals surface area contributed by atoms with Gasteiger partial charge in [-0.05, 0) is 62.9 Å². The Morgan fingerprint density at radius 1 is 1.24 bits per heavy atom. The molecule has 1 aromatic carbocycles. The normalized spacial score (nSPS) is 22.7. The summed E-state index contributed by atoms with van der Waals surface area (Å²) in [6.07, 6.45) is 4.70. The maximum Gasteiger partial charge on any atom is 0.240 e. The fourth-order valence-electron chi connectivity index (χ4n) is 2.97. The summed E-state index contributed by atoms with van der Waals surface area (Å²) in [5, 5.41) is 3.41. The Balaban J connectivity index is 1.94. The van der Waals surface area contributed by atoms with Crippen molar-refractivity contribution in [1.82, 2.24) is 4.72 Å². The summed E-state index contributed by atoms with van der Waals surface area (Å²) in [5.74, 6) is 1.29. The van der Waals surface area contributed by atoms with Crippen LogP contribution in [0.3, 0.4) is 0 Å². The van der Waals surface area contributed by atoms with E-state index < -0.39 is 10.0 Å². The van der Waals surface area contributed by atoms with E-state index in [-0.39, 0.29) is 0 Å². The summed E-state index contributed by atoms with van der Waals surface area (Å²) >= 11 is 0. The third-order valence-electron chi connectivity index (χ3n) is 3.91. The number of allylic oxidation sites excluding steroid dienone is 2. The molecule has 0 aromatic heterocycles. The van der Waals surface area contributed by atoms with Crippen molar-refractivity contribution in [2.24, 2.45) is 11.8 Å². The van der Waals surface area contributed by atoms with Crippen molar-refractivity contribution in [2.45, 2.75) is 31.6 Å². The second-order valence-corrected chi connectivity index (χ2v) is 7.80. The molecule has 2 N–H and O–H groups in total. The molecule has 0 bridgehead atoms. The summed E-state index contributed by atoms with van der Waals surface area (Å²) in [5.41, 5.74) is 2.43. The number of benzene rings is 1. The predicted octanol–water partition coefficient (Wildman–Crippen LogP) is 3.00. The number of hydrogen-bond acceptors (Lipinski definition) is 3. The van der Waals surface area contributed by atoms with Crippen LogP contribution in [0.2, 0.25) is 0 Å². The summed E-state index contributed by atoms with van der Waals surface area (Å²) in [4.78, 5) is 0.292. The van der Waals surface area contributed by atoms with Crippen molar-refractivity contribution < 1.29 is 8.42 Å². The lowest BCUT2D eigenvalue weighted by molar-refractivity contribution is 0.421. The number of rotatable bonds is 5. The average molecular weight is 308 g/mol. The van der Waals surface area contributed by atoms with E-state index in [1.807, 2.05) is 12.1 Å². The molecule has 2 rings (SSSR count). The minimum atomic E-state index is -3.35. The molecular weight excluding hydrogens is 284 g/mol. The molecule has 1 aliphatic rings. The van der Waals surface area contributed by atoms with Crippen molar-refractivity contribution in [3.8, 4) is 0 Å². The minimum Gasteiger partial charge on any atom is -0.385 e. The SMILES string of the molecule is CNS(=O)(=O)c1ccc(NCC2CC(C)=CC(C)C2)cc1. The van der Waals surface area contributed by atoms with Crippen LogP contribution in [0.15, 0.2) is 40.8 Å². The van der Waals surface area contributed by atoms with Crippen molar-refractivity contribution >= 4 is 15.7 Å². The molecule has 116 valence electrons. The highest BCUT2D eigenvalue weighted by Gasteiger charge is 2.17. The molecule has 5 heteroatoms. The first-order valence-electron chi connectivity index (χ1n) is 7.35. The van der Waals surface area contributed by atoms with Crippen LogP contribution in [-0.4, -0.2) is 22.0 Å². The second-order valence-electron chi connectivity index (χ2n) is 5.91. The highest BCUT2D eigenvalue weighted by molar-refractivity contribution is 7.89. The fraction of sp³-hybridized carbons (Fsp3) is 0.500. The third kappa shape index (κ3) is 4.32. The monoisotopic (exact) mass is 308 g/mol. The Morgan fingerprint density at radius 3 is 2.48 bits per heavy atom. The van der Waals surface area contributed by atoms with E-state index in [1.165, 1.54) is 19.0 Å². The van der Waals surface area contributed by atoms with Gasteiger partial charge in [0.15, 0.2) is 0 Å². The minimum absolute atomic E-state index is 0.292. The van der Waals surface area contributed by atoms with Gasteiger partial charge in [0, 0.05) is 12.2 Å². The first kappa shape index (κ1) is 16.0. The number of anilines is 1. The molecule has 0 saturated carbocycles. The molecule has 1 aliphatic carbocycles. The van der Waals surface area contributed by atoms with E-state index in [0.29, 0.717) is 16.7 Å². The van der Waals surface area contributed by atoms with E-state index in [4.69, 9.17) is 0 Å². The zero-order chi connectivity index (χ0) is 15.5. The number of nitrogens with one attached hydrogen (secondary N) is 2. The van der Waals surface area contributed by atoms with Crippen molar-refractivity contribution in [1.29, 1.82) is 0 Å². The van der Waals surface area contributed by atoms with E-state index >= 15 is 0 Å². The summed E-state index contributed by atoms with van der Waals surface area (Å²) < 4.78 is 25.6. The molecule has 2 unspecified atom stereocenters. The van der Waals surface area contributed by atoms with Gasteiger partial charge < -0.3 is 5.32 Å². The van der Waals surface area contributed by atoms with E-state index in [9.17, 15) is 8.42 Å². The molecule has 0 aliphatic heterocycles. The highest BCUT2D eigenvalue weighted by Crippen LogP contribution is 2.28. The maximum absolute atomic E-state index is 11.7. The topological polar surface area (TPSA) is 58.2 Å². The van der Waals surface area contributed by atoms with Gasteiger partial charge in [0.2, 0.25) is 10.0 Å². The lowest BCUT2D eigenvalue weighted by Crippen LogP contribution is -2.20. The molecule has 21 heavy (non-hydrogen) atoms. The van der Waals surface area contributed by atoms with Crippen LogP contribution in [0.1, 0.15) is 26.7 Å². The Bertz CT molecular complexity index is 606. The van der Waals surface area contributed by atoms with Crippen LogP contribution in [0, 0.1) is 11.8 Å². The molecule has 0 saturated heterocycles. The van der Waals surface area contributed by atoms with Gasteiger partial charge in [0.1, 0.15) is 0 Å². The van der Waals surface area contributed by atoms with Crippen LogP contribution in [-0.2, 0) is 10.0 Å². The zero-order valence-corrected chi connectivity index (χ0v) is 13.7. The maximum atomic E-state index is 11.7. The van der Waals surface area contributed by atoms with Gasteiger partial charge >= 0.3 is 0 Å². The molecule has 0 heterocycles. The first-order chi connectivity index (χ1) is 9.90. The predicted molar refractivity (Wildman–Crippen MR) is 86.8 cm³/mol. The second kappa shape index (κ2) is 6.62. The largest absolute Gasteiger partial charge is 0.385 e. The standard InChI is InChI=1S/C16H24N2O2S/c1-12-8-13(2)10-14(9-12)11-18-15-4-6-16(7-5-15)21(19,20)17-3/h4-8,12,14,17-18H,9-11H2,1-3H3. The van der Waals surface area contributed by atoms with Crippen LogP contribution in [0.25, 0.3) is 0 Å². The molecule has 0 amide bonds. The Morgan fingerprint density at radius 2 is 1.90 bits per heavy atom. The van der Waals surface area contributed by atoms with Gasteiger partial charge in [-0.3, -0.25) is 0 Å². The third-order valence-corrected chi connectivity index (χ3v) is 5.34. The van der Waals surface area contributed by atoms with Gasteiger partial charge in [-0.15, -0.1) is 0 Å². The fourth-order valence-corrected chi connectivity index (χ4v) is 3.70. The average Bonchev–Trinajstić information content (AvgIpc) is 2.44. The van der Waals surface area contributed by atoms with Crippen molar-refractivity contribution in [2.75, 3.05) is 18.9 Å². The Labute approximate surface area is 127 Å². The Kier molecular flexibility index (Phi) is 5.06. The molecular formula is C16H24N2O2S. The van der Waals surface area contributed by atoms with Crippen LogP contribution >= 0.6 is 0 Å². The molecule has 0 spiro atoms. The van der Waals surface area contributed by atoms with Crippen molar-refractivity contribution in [3.63, 3.8) is 0 Å². The van der Waals surface area contributed by atoms with Gasteiger partial charge in [-0.25, -0.2) is 13.1 Å². The van der Waals surface area contributed by atoms with Crippen molar-refractivity contribution in [3.05, 3.63) is 35.9 Å². The first-order valence-corrected chi connectivity index (χ1v) is 8.84. The number of hydrogen-bond donors (Lipinski definition) is 2. The van der Waals surface area contributed by atoms with E-state index in [0.717, 1.165) is 18.7 Å². The summed E-state index contributed by atoms with van der Waals surface area (Å²) in [6.45, 7) is 5.38. The van der Waals surface area contributed by atoms with Gasteiger partial charge in [-0.2, -0.15) is 0 Å². The van der Waals surface area contributed by atoms with Gasteiger partial charge in [0.05, 0.1) is 4.90 Å². The van der Waals surface area contributed by atoms with E-state index in [2.05, 4.69) is 30.0 Å². The molecule has 2 atom stereocenters. The molecule has 0 radical (unpaired) electrons. The summed E-state index contributed by atoms with van der Waals surface area (Å²) in [7, 11) is -1.93. The smallest absolute Gasteiger partial charge is 0.240 e. The van der Waals surface area contributed by atoms with Crippen LogP contribution in [0.5, 0.6) is 0 Å². The molecule has 0 fully saturated rings. The molecule has 1 aromatic rings. The van der Waals surface area contributed by atoms with E-state index in [1.54, 1.807) is 12.1 Å². The van der Waals surface area contributed by atoms with Gasteiger partial charge in [-0.1, -0.05) is 18.6 Å². The van der Waals surface area contributed by atoms with Crippen LogP contribution in [0.4, 0.5) is 5.69 Å². The summed E-state index contributed by atoms with van der Waals surface area (Å²) in [6, 6.07) is 6.89. The van der Waals surface area contributed by atoms with Crippen LogP contribution < -0.4 is 10.0 Å². The zero-order valence-electron chi connectivity index (χ0n) is 12.9. The molecule has 4 nitrogen and oxygen atoms in total. The Hall–Kier alpha value is -1.33. The lowest BCUT2D eigenvalue weighted by atomic mass is 9.84. The van der Waals surface area contributed by atoms with Gasteiger partial charge in [0.25, 0.3) is 0 Å². The number of sulfonamides is 1. The highest BCUT2D eigenvalue weighted by atomic mass is 32.2.